The Labute approximate surface area is 155 Å². The molecule has 1 aliphatic carbocycles. The molecule has 0 aromatic rings. The molecule has 0 aromatic carbocycles. The highest BCUT2D eigenvalue weighted by atomic mass is 15.3. The van der Waals surface area contributed by atoms with E-state index in [1.54, 1.807) is 0 Å². The van der Waals surface area contributed by atoms with Crippen molar-refractivity contribution in [1.29, 1.82) is 0 Å². The van der Waals surface area contributed by atoms with E-state index < -0.39 is 0 Å². The van der Waals surface area contributed by atoms with Gasteiger partial charge in [0.15, 0.2) is 0 Å². The number of hydrogen-bond donors (Lipinski definition) is 1. The Morgan fingerprint density at radius 2 is 1.52 bits per heavy atom. The highest BCUT2D eigenvalue weighted by Crippen LogP contribution is 2.50. The summed E-state index contributed by atoms with van der Waals surface area (Å²) in [5.74, 6) is 0.958. The zero-order chi connectivity index (χ0) is 17.5. The van der Waals surface area contributed by atoms with Crippen LogP contribution in [-0.2, 0) is 0 Å². The van der Waals surface area contributed by atoms with E-state index in [0.29, 0.717) is 10.8 Å². The molecule has 4 aliphatic rings. The maximum absolute atomic E-state index is 3.59. The summed E-state index contributed by atoms with van der Waals surface area (Å²) in [6.07, 6.45) is 11.6. The van der Waals surface area contributed by atoms with E-state index in [1.165, 1.54) is 90.6 Å². The third kappa shape index (κ3) is 3.94. The van der Waals surface area contributed by atoms with Crippen LogP contribution in [0.4, 0.5) is 0 Å². The van der Waals surface area contributed by atoms with Crippen LogP contribution in [-0.4, -0.2) is 61.2 Å². The molecule has 3 saturated heterocycles. The molecule has 0 aromatic heterocycles. The predicted molar refractivity (Wildman–Crippen MR) is 106 cm³/mol. The number of likely N-dealkylation sites (tertiary alicyclic amines) is 2. The van der Waals surface area contributed by atoms with E-state index >= 15 is 0 Å². The molecule has 4 rings (SSSR count). The van der Waals surface area contributed by atoms with Crippen LogP contribution in [0.5, 0.6) is 0 Å². The second kappa shape index (κ2) is 7.13. The van der Waals surface area contributed by atoms with E-state index in [1.807, 2.05) is 0 Å². The van der Waals surface area contributed by atoms with Crippen molar-refractivity contribution in [2.45, 2.75) is 84.2 Å². The van der Waals surface area contributed by atoms with Gasteiger partial charge in [-0.1, -0.05) is 20.8 Å². The number of hydrogen-bond acceptors (Lipinski definition) is 3. The van der Waals surface area contributed by atoms with Gasteiger partial charge in [0, 0.05) is 31.7 Å². The van der Waals surface area contributed by atoms with E-state index in [0.717, 1.165) is 18.0 Å². The molecular formula is C22H41N3. The molecule has 4 fully saturated rings. The highest BCUT2D eigenvalue weighted by Gasteiger charge is 2.48. The summed E-state index contributed by atoms with van der Waals surface area (Å²) in [5, 5.41) is 3.59. The molecule has 1 unspecified atom stereocenters. The van der Waals surface area contributed by atoms with Gasteiger partial charge in [0.05, 0.1) is 0 Å². The van der Waals surface area contributed by atoms with E-state index in [-0.39, 0.29) is 0 Å². The maximum atomic E-state index is 3.59. The first-order chi connectivity index (χ1) is 12.0. The third-order valence-corrected chi connectivity index (χ3v) is 8.15. The zero-order valence-electron chi connectivity index (χ0n) is 17.0. The van der Waals surface area contributed by atoms with E-state index in [4.69, 9.17) is 0 Å². The smallest absolute Gasteiger partial charge is 0.0221 e. The molecule has 144 valence electrons. The van der Waals surface area contributed by atoms with Gasteiger partial charge in [0.1, 0.15) is 0 Å². The molecule has 1 N–H and O–H groups in total. The van der Waals surface area contributed by atoms with Gasteiger partial charge >= 0.3 is 0 Å². The van der Waals surface area contributed by atoms with E-state index in [9.17, 15) is 0 Å². The number of nitrogens with one attached hydrogen (secondary N) is 1. The lowest BCUT2D eigenvalue weighted by atomic mass is 9.61. The van der Waals surface area contributed by atoms with Gasteiger partial charge in [-0.2, -0.15) is 0 Å². The van der Waals surface area contributed by atoms with Crippen LogP contribution in [0.3, 0.4) is 0 Å². The number of nitrogens with zero attached hydrogens (tertiary/aromatic N) is 2. The summed E-state index contributed by atoms with van der Waals surface area (Å²) in [6, 6.07) is 1.71. The van der Waals surface area contributed by atoms with Crippen molar-refractivity contribution in [2.75, 3.05) is 39.3 Å². The molecule has 0 amide bonds. The summed E-state index contributed by atoms with van der Waals surface area (Å²) in [5.41, 5.74) is 1.23. The second-order valence-electron chi connectivity index (χ2n) is 10.8. The first kappa shape index (κ1) is 18.3. The fraction of sp³-hybridized carbons (Fsp3) is 1.00. The predicted octanol–water partition coefficient (Wildman–Crippen LogP) is 3.74. The monoisotopic (exact) mass is 347 g/mol. The SMILES string of the molecule is CC(C)(C)C1CCC2(CC1)CN(C1CCN(C3CCCNC3)CC1)C2. The number of piperidine rings is 2. The van der Waals surface area contributed by atoms with Gasteiger partial charge < -0.3 is 5.32 Å². The fourth-order valence-corrected chi connectivity index (χ4v) is 6.25. The lowest BCUT2D eigenvalue weighted by molar-refractivity contribution is -0.0841. The minimum Gasteiger partial charge on any atom is -0.315 e. The average Bonchev–Trinajstić information content (AvgIpc) is 2.60. The topological polar surface area (TPSA) is 18.5 Å². The molecule has 25 heavy (non-hydrogen) atoms. The Morgan fingerprint density at radius 3 is 2.08 bits per heavy atom. The standard InChI is InChI=1S/C22H41N3/c1-21(2,3)18-6-10-22(11-7-18)16-25(17-22)19-8-13-24(14-9-19)20-5-4-12-23-15-20/h18-20,23H,4-17H2,1-3H3. The molecule has 3 heteroatoms. The second-order valence-corrected chi connectivity index (χ2v) is 10.8. The first-order valence-corrected chi connectivity index (χ1v) is 11.1. The van der Waals surface area contributed by atoms with Gasteiger partial charge in [0.25, 0.3) is 0 Å². The van der Waals surface area contributed by atoms with Crippen molar-refractivity contribution in [2.24, 2.45) is 16.7 Å². The summed E-state index contributed by atoms with van der Waals surface area (Å²) in [7, 11) is 0. The molecule has 3 nitrogen and oxygen atoms in total. The molecule has 0 radical (unpaired) electrons. The highest BCUT2D eigenvalue weighted by molar-refractivity contribution is 5.02. The Balaban J connectivity index is 1.20. The quantitative estimate of drug-likeness (QED) is 0.821. The average molecular weight is 348 g/mol. The number of rotatable bonds is 2. The van der Waals surface area contributed by atoms with Gasteiger partial charge in [-0.15, -0.1) is 0 Å². The molecule has 3 aliphatic heterocycles. The largest absolute Gasteiger partial charge is 0.315 e. The summed E-state index contributed by atoms with van der Waals surface area (Å²) in [6.45, 7) is 15.3. The Kier molecular flexibility index (Phi) is 5.20. The fourth-order valence-electron chi connectivity index (χ4n) is 6.25. The van der Waals surface area contributed by atoms with Crippen molar-refractivity contribution in [3.8, 4) is 0 Å². The summed E-state index contributed by atoms with van der Waals surface area (Å²) >= 11 is 0. The van der Waals surface area contributed by atoms with Crippen LogP contribution in [0.1, 0.15) is 72.1 Å². The summed E-state index contributed by atoms with van der Waals surface area (Å²) < 4.78 is 0. The molecule has 1 spiro atoms. The minimum atomic E-state index is 0.520. The van der Waals surface area contributed by atoms with Crippen LogP contribution < -0.4 is 5.32 Å². The van der Waals surface area contributed by atoms with Gasteiger partial charge in [-0.05, 0) is 87.7 Å². The lowest BCUT2D eigenvalue weighted by Crippen LogP contribution is -2.63. The van der Waals surface area contributed by atoms with Gasteiger partial charge in [-0.3, -0.25) is 9.80 Å². The molecule has 0 bridgehead atoms. The van der Waals surface area contributed by atoms with Crippen LogP contribution in [0.25, 0.3) is 0 Å². The molecule has 1 atom stereocenters. The minimum absolute atomic E-state index is 0.520. The summed E-state index contributed by atoms with van der Waals surface area (Å²) in [4.78, 5) is 5.64. The Hall–Kier alpha value is -0.120. The van der Waals surface area contributed by atoms with Crippen molar-refractivity contribution in [3.63, 3.8) is 0 Å². The van der Waals surface area contributed by atoms with Crippen molar-refractivity contribution in [3.05, 3.63) is 0 Å². The van der Waals surface area contributed by atoms with Crippen molar-refractivity contribution >= 4 is 0 Å². The van der Waals surface area contributed by atoms with Crippen molar-refractivity contribution in [1.82, 2.24) is 15.1 Å². The van der Waals surface area contributed by atoms with Crippen LogP contribution in [0.2, 0.25) is 0 Å². The molecule has 3 heterocycles. The third-order valence-electron chi connectivity index (χ3n) is 8.15. The van der Waals surface area contributed by atoms with Crippen LogP contribution >= 0.6 is 0 Å². The maximum Gasteiger partial charge on any atom is 0.0221 e. The Morgan fingerprint density at radius 1 is 0.840 bits per heavy atom. The van der Waals surface area contributed by atoms with E-state index in [2.05, 4.69) is 35.9 Å². The molecule has 1 saturated carbocycles. The normalized spacial score (nSPS) is 33.5. The first-order valence-electron chi connectivity index (χ1n) is 11.1. The van der Waals surface area contributed by atoms with Gasteiger partial charge in [0.2, 0.25) is 0 Å². The van der Waals surface area contributed by atoms with Crippen molar-refractivity contribution < 1.29 is 0 Å². The van der Waals surface area contributed by atoms with Crippen LogP contribution in [0, 0.1) is 16.7 Å². The lowest BCUT2D eigenvalue weighted by Gasteiger charge is -2.58. The van der Waals surface area contributed by atoms with Crippen LogP contribution in [0.15, 0.2) is 0 Å². The molecular weight excluding hydrogens is 306 g/mol. The van der Waals surface area contributed by atoms with Gasteiger partial charge in [-0.25, -0.2) is 0 Å². The zero-order valence-corrected chi connectivity index (χ0v) is 17.0. The Bertz CT molecular complexity index is 425.